The van der Waals surface area contributed by atoms with Gasteiger partial charge in [-0.25, -0.2) is 4.98 Å². The van der Waals surface area contributed by atoms with Crippen molar-refractivity contribution >= 4 is 5.69 Å². The van der Waals surface area contributed by atoms with E-state index >= 15 is 0 Å². The highest BCUT2D eigenvalue weighted by atomic mass is 19.4. The van der Waals surface area contributed by atoms with E-state index in [1.807, 2.05) is 6.07 Å². The van der Waals surface area contributed by atoms with E-state index in [-0.39, 0.29) is 12.2 Å². The second-order valence-electron chi connectivity index (χ2n) is 4.15. The molecule has 0 aliphatic rings. The van der Waals surface area contributed by atoms with Gasteiger partial charge in [0.2, 0.25) is 0 Å². The van der Waals surface area contributed by atoms with Crippen molar-refractivity contribution in [2.24, 2.45) is 0 Å². The van der Waals surface area contributed by atoms with Crippen molar-refractivity contribution in [3.63, 3.8) is 0 Å². The van der Waals surface area contributed by atoms with Crippen molar-refractivity contribution in [1.29, 1.82) is 5.26 Å². The van der Waals surface area contributed by atoms with Gasteiger partial charge in [-0.1, -0.05) is 12.1 Å². The monoisotopic (exact) mass is 293 g/mol. The molecule has 0 atom stereocenters. The molecule has 2 aromatic rings. The summed E-state index contributed by atoms with van der Waals surface area (Å²) in [6.45, 7) is 0. The van der Waals surface area contributed by atoms with Gasteiger partial charge < -0.3 is 10.5 Å². The molecule has 0 saturated carbocycles. The lowest BCUT2D eigenvalue weighted by atomic mass is 10.1. The zero-order valence-corrected chi connectivity index (χ0v) is 10.7. The van der Waals surface area contributed by atoms with Gasteiger partial charge in [-0.3, -0.25) is 0 Å². The first-order chi connectivity index (χ1) is 9.89. The van der Waals surface area contributed by atoms with Crippen LogP contribution in [-0.2, 0) is 6.42 Å². The molecule has 21 heavy (non-hydrogen) atoms. The molecule has 0 fully saturated rings. The first-order valence-electron chi connectivity index (χ1n) is 5.87. The van der Waals surface area contributed by atoms with Gasteiger partial charge in [-0.05, 0) is 24.3 Å². The first-order valence-corrected chi connectivity index (χ1v) is 5.87. The Labute approximate surface area is 118 Å². The number of rotatable bonds is 3. The molecule has 7 heteroatoms. The zero-order chi connectivity index (χ0) is 15.5. The number of hydrogen-bond acceptors (Lipinski definition) is 4. The fourth-order valence-corrected chi connectivity index (χ4v) is 1.76. The van der Waals surface area contributed by atoms with Crippen LogP contribution in [0, 0.1) is 11.3 Å². The molecular formula is C14H10F3N3O. The summed E-state index contributed by atoms with van der Waals surface area (Å²) >= 11 is 0. The summed E-state index contributed by atoms with van der Waals surface area (Å²) in [5.74, 6) is -0.355. The average molecular weight is 293 g/mol. The fourth-order valence-electron chi connectivity index (χ4n) is 1.76. The van der Waals surface area contributed by atoms with E-state index < -0.39 is 6.36 Å². The maximum atomic E-state index is 12.2. The third-order valence-electron chi connectivity index (χ3n) is 2.59. The molecule has 0 bridgehead atoms. The highest BCUT2D eigenvalue weighted by Crippen LogP contribution is 2.29. The van der Waals surface area contributed by atoms with E-state index in [2.05, 4.69) is 9.72 Å². The second-order valence-corrected chi connectivity index (χ2v) is 4.15. The summed E-state index contributed by atoms with van der Waals surface area (Å²) in [7, 11) is 0. The molecular weight excluding hydrogens is 283 g/mol. The summed E-state index contributed by atoms with van der Waals surface area (Å²) in [5, 5.41) is 8.66. The summed E-state index contributed by atoms with van der Waals surface area (Å²) in [4.78, 5) is 4.19. The van der Waals surface area contributed by atoms with E-state index in [4.69, 9.17) is 11.0 Å². The predicted molar refractivity (Wildman–Crippen MR) is 70.1 cm³/mol. The number of ether oxygens (including phenoxy) is 1. The van der Waals surface area contributed by atoms with Crippen molar-refractivity contribution in [1.82, 2.24) is 4.98 Å². The Morgan fingerprint density at radius 2 is 2.00 bits per heavy atom. The van der Waals surface area contributed by atoms with E-state index in [1.54, 1.807) is 18.2 Å². The largest absolute Gasteiger partial charge is 0.573 e. The highest BCUT2D eigenvalue weighted by molar-refractivity contribution is 5.73. The molecule has 0 aliphatic carbocycles. The maximum Gasteiger partial charge on any atom is 0.573 e. The smallest absolute Gasteiger partial charge is 0.406 e. The molecule has 108 valence electrons. The van der Waals surface area contributed by atoms with E-state index in [1.165, 1.54) is 18.2 Å². The normalized spacial score (nSPS) is 11.0. The minimum Gasteiger partial charge on any atom is -0.406 e. The number of benzene rings is 1. The zero-order valence-electron chi connectivity index (χ0n) is 10.7. The molecule has 0 amide bonds. The molecule has 0 aliphatic heterocycles. The fraction of sp³-hybridized carbons (Fsp3) is 0.143. The van der Waals surface area contributed by atoms with Gasteiger partial charge in [0.15, 0.2) is 0 Å². The number of aromatic nitrogens is 1. The predicted octanol–water partition coefficient (Wildman–Crippen LogP) is 3.30. The molecule has 0 radical (unpaired) electrons. The Morgan fingerprint density at radius 3 is 2.67 bits per heavy atom. The summed E-state index contributed by atoms with van der Waals surface area (Å²) in [6.07, 6.45) is -4.67. The molecule has 1 aromatic carbocycles. The number of nitrogens with two attached hydrogens (primary N) is 1. The Morgan fingerprint density at radius 1 is 1.24 bits per heavy atom. The number of nitriles is 1. The van der Waals surface area contributed by atoms with Gasteiger partial charge >= 0.3 is 6.36 Å². The highest BCUT2D eigenvalue weighted by Gasteiger charge is 2.31. The Bertz CT molecular complexity index is 693. The lowest BCUT2D eigenvalue weighted by Crippen LogP contribution is -2.17. The number of nitrogens with zero attached hydrogens (tertiary/aromatic N) is 2. The standard InChI is InChI=1S/C14H10F3N3O/c15-14(16,17)21-11-3-1-2-9(8-11)13-12(19)5-4-10(20-13)6-7-18/h1-5,8H,6,19H2. The number of anilines is 1. The molecule has 1 heterocycles. The molecule has 1 aromatic heterocycles. The average Bonchev–Trinajstić information content (AvgIpc) is 2.39. The Hall–Kier alpha value is -2.75. The summed E-state index contributed by atoms with van der Waals surface area (Å²) in [6, 6.07) is 10.5. The van der Waals surface area contributed by atoms with Crippen LogP contribution >= 0.6 is 0 Å². The van der Waals surface area contributed by atoms with Crippen LogP contribution in [0.5, 0.6) is 5.75 Å². The quantitative estimate of drug-likeness (QED) is 0.942. The SMILES string of the molecule is N#CCc1ccc(N)c(-c2cccc(OC(F)(F)F)c2)n1. The van der Waals surface area contributed by atoms with Gasteiger partial charge in [0.05, 0.1) is 29.6 Å². The van der Waals surface area contributed by atoms with Crippen molar-refractivity contribution in [2.45, 2.75) is 12.8 Å². The maximum absolute atomic E-state index is 12.2. The molecule has 2 N–H and O–H groups in total. The minimum atomic E-state index is -4.76. The van der Waals surface area contributed by atoms with Crippen LogP contribution in [-0.4, -0.2) is 11.3 Å². The van der Waals surface area contributed by atoms with E-state index in [0.29, 0.717) is 22.6 Å². The van der Waals surface area contributed by atoms with Crippen molar-refractivity contribution in [3.8, 4) is 23.1 Å². The van der Waals surface area contributed by atoms with Gasteiger partial charge in [-0.15, -0.1) is 13.2 Å². The summed E-state index contributed by atoms with van der Waals surface area (Å²) in [5.41, 5.74) is 7.28. The van der Waals surface area contributed by atoms with Crippen molar-refractivity contribution < 1.29 is 17.9 Å². The molecule has 0 spiro atoms. The Kier molecular flexibility index (Phi) is 3.98. The molecule has 2 rings (SSSR count). The third kappa shape index (κ3) is 3.86. The topological polar surface area (TPSA) is 71.9 Å². The second kappa shape index (κ2) is 5.71. The van der Waals surface area contributed by atoms with Crippen LogP contribution in [0.2, 0.25) is 0 Å². The molecule has 4 nitrogen and oxygen atoms in total. The van der Waals surface area contributed by atoms with Gasteiger partial charge in [0.25, 0.3) is 0 Å². The van der Waals surface area contributed by atoms with E-state index in [0.717, 1.165) is 0 Å². The van der Waals surface area contributed by atoms with Crippen LogP contribution < -0.4 is 10.5 Å². The number of pyridine rings is 1. The summed E-state index contributed by atoms with van der Waals surface area (Å²) < 4.78 is 40.5. The molecule has 0 unspecified atom stereocenters. The number of alkyl halides is 3. The van der Waals surface area contributed by atoms with E-state index in [9.17, 15) is 13.2 Å². The minimum absolute atomic E-state index is 0.0893. The first kappa shape index (κ1) is 14.7. The van der Waals surface area contributed by atoms with Crippen LogP contribution in [0.15, 0.2) is 36.4 Å². The lowest BCUT2D eigenvalue weighted by molar-refractivity contribution is -0.274. The Balaban J connectivity index is 2.40. The van der Waals surface area contributed by atoms with Gasteiger partial charge in [0.1, 0.15) is 5.75 Å². The number of halogens is 3. The van der Waals surface area contributed by atoms with Gasteiger partial charge in [-0.2, -0.15) is 5.26 Å². The van der Waals surface area contributed by atoms with Gasteiger partial charge in [0, 0.05) is 5.56 Å². The van der Waals surface area contributed by atoms with Crippen molar-refractivity contribution in [3.05, 3.63) is 42.1 Å². The van der Waals surface area contributed by atoms with Crippen LogP contribution in [0.3, 0.4) is 0 Å². The third-order valence-corrected chi connectivity index (χ3v) is 2.59. The van der Waals surface area contributed by atoms with Crippen LogP contribution in [0.1, 0.15) is 5.69 Å². The number of nitrogen functional groups attached to an aromatic ring is 1. The molecule has 0 saturated heterocycles. The number of hydrogen-bond donors (Lipinski definition) is 1. The van der Waals surface area contributed by atoms with Crippen LogP contribution in [0.4, 0.5) is 18.9 Å². The van der Waals surface area contributed by atoms with Crippen LogP contribution in [0.25, 0.3) is 11.3 Å². The lowest BCUT2D eigenvalue weighted by Gasteiger charge is -2.11. The van der Waals surface area contributed by atoms with Crippen molar-refractivity contribution in [2.75, 3.05) is 5.73 Å².